The van der Waals surface area contributed by atoms with Crippen LogP contribution in [0.3, 0.4) is 0 Å². The van der Waals surface area contributed by atoms with Gasteiger partial charge in [0.05, 0.1) is 0 Å². The van der Waals surface area contributed by atoms with Crippen molar-refractivity contribution in [2.75, 3.05) is 11.5 Å². The Balaban J connectivity index is 2.69. The molecule has 0 aromatic rings. The highest BCUT2D eigenvalue weighted by molar-refractivity contribution is 7.99. The quantitative estimate of drug-likeness (QED) is 0.418. The molecule has 0 unspecified atom stereocenters. The molecule has 0 rings (SSSR count). The number of hydrogen-bond donors (Lipinski definition) is 0. The zero-order valence-corrected chi connectivity index (χ0v) is 6.54. The molecular formula is C8H13S. The molecule has 0 atom stereocenters. The first-order valence-corrected chi connectivity index (χ1v) is 4.37. The Labute approximate surface area is 62.4 Å². The Morgan fingerprint density at radius 1 is 1.44 bits per heavy atom. The highest BCUT2D eigenvalue weighted by Gasteiger charge is 1.84. The Bertz CT molecular complexity index is 81.1. The molecule has 0 aliphatic rings. The van der Waals surface area contributed by atoms with Crippen molar-refractivity contribution < 1.29 is 0 Å². The zero-order chi connectivity index (χ0) is 6.95. The van der Waals surface area contributed by atoms with Gasteiger partial charge in [-0.15, -0.1) is 12.3 Å². The van der Waals surface area contributed by atoms with Crippen LogP contribution < -0.4 is 0 Å². The maximum atomic E-state index is 5.07. The third-order valence-corrected chi connectivity index (χ3v) is 2.05. The molecule has 0 aromatic carbocycles. The molecule has 0 amide bonds. The molecule has 0 nitrogen and oxygen atoms in total. The average Bonchev–Trinajstić information content (AvgIpc) is 1.89. The largest absolute Gasteiger partial charge is 0.162 e. The van der Waals surface area contributed by atoms with Crippen molar-refractivity contribution in [3.05, 3.63) is 6.92 Å². The Hall–Kier alpha value is -0.0900. The molecule has 0 fully saturated rings. The van der Waals surface area contributed by atoms with Gasteiger partial charge in [-0.25, -0.2) is 0 Å². The lowest BCUT2D eigenvalue weighted by molar-refractivity contribution is 0.996. The second kappa shape index (κ2) is 7.91. The van der Waals surface area contributed by atoms with Crippen LogP contribution in [-0.2, 0) is 0 Å². The van der Waals surface area contributed by atoms with Crippen LogP contribution in [-0.4, -0.2) is 11.5 Å². The fourth-order valence-electron chi connectivity index (χ4n) is 0.480. The second-order valence-corrected chi connectivity index (χ2v) is 3.00. The van der Waals surface area contributed by atoms with Crippen LogP contribution in [0.4, 0.5) is 0 Å². The number of rotatable bonds is 5. The van der Waals surface area contributed by atoms with Gasteiger partial charge in [-0.05, 0) is 24.3 Å². The summed E-state index contributed by atoms with van der Waals surface area (Å²) in [6.45, 7) is 3.74. The normalized spacial score (nSPS) is 8.89. The summed E-state index contributed by atoms with van der Waals surface area (Å²) in [5.41, 5.74) is 0. The van der Waals surface area contributed by atoms with Gasteiger partial charge < -0.3 is 0 Å². The minimum absolute atomic E-state index is 0.921. The average molecular weight is 141 g/mol. The monoisotopic (exact) mass is 141 g/mol. The lowest BCUT2D eigenvalue weighted by Crippen LogP contribution is -1.80. The van der Waals surface area contributed by atoms with E-state index in [0.717, 1.165) is 19.3 Å². The first kappa shape index (κ1) is 8.91. The first-order valence-electron chi connectivity index (χ1n) is 3.22. The second-order valence-electron chi connectivity index (χ2n) is 1.77. The van der Waals surface area contributed by atoms with Crippen LogP contribution in [0.25, 0.3) is 0 Å². The SMILES string of the molecule is C#CCCCSCC[CH2]. The molecule has 0 bridgehead atoms. The minimum Gasteiger partial charge on any atom is -0.162 e. The highest BCUT2D eigenvalue weighted by Crippen LogP contribution is 2.04. The van der Waals surface area contributed by atoms with E-state index in [9.17, 15) is 0 Å². The molecule has 1 radical (unpaired) electrons. The van der Waals surface area contributed by atoms with Crippen LogP contribution in [0.5, 0.6) is 0 Å². The van der Waals surface area contributed by atoms with Gasteiger partial charge in [0.2, 0.25) is 0 Å². The number of unbranched alkanes of at least 4 members (excludes halogenated alkanes) is 1. The third kappa shape index (κ3) is 7.91. The summed E-state index contributed by atoms with van der Waals surface area (Å²) in [6.07, 6.45) is 8.17. The summed E-state index contributed by atoms with van der Waals surface area (Å²) in [7, 11) is 0. The number of hydrogen-bond acceptors (Lipinski definition) is 1. The van der Waals surface area contributed by atoms with Crippen molar-refractivity contribution in [1.82, 2.24) is 0 Å². The van der Waals surface area contributed by atoms with Crippen LogP contribution in [0.1, 0.15) is 19.3 Å². The highest BCUT2D eigenvalue weighted by atomic mass is 32.2. The molecule has 51 valence electrons. The van der Waals surface area contributed by atoms with E-state index in [0.29, 0.717) is 0 Å². The number of thioether (sulfide) groups is 1. The van der Waals surface area contributed by atoms with E-state index in [1.807, 2.05) is 11.8 Å². The van der Waals surface area contributed by atoms with Crippen LogP contribution in [0, 0.1) is 19.3 Å². The zero-order valence-electron chi connectivity index (χ0n) is 5.73. The summed E-state index contributed by atoms with van der Waals surface area (Å²) in [5.74, 6) is 4.98. The molecule has 0 saturated heterocycles. The van der Waals surface area contributed by atoms with Gasteiger partial charge >= 0.3 is 0 Å². The van der Waals surface area contributed by atoms with Crippen molar-refractivity contribution in [2.24, 2.45) is 0 Å². The molecule has 0 heterocycles. The van der Waals surface area contributed by atoms with Gasteiger partial charge in [0, 0.05) is 6.42 Å². The van der Waals surface area contributed by atoms with E-state index in [1.54, 1.807) is 0 Å². The predicted molar refractivity (Wildman–Crippen MR) is 45.4 cm³/mol. The molecule has 0 saturated carbocycles. The molecule has 0 aliphatic carbocycles. The first-order chi connectivity index (χ1) is 4.41. The van der Waals surface area contributed by atoms with Crippen LogP contribution in [0.2, 0.25) is 0 Å². The van der Waals surface area contributed by atoms with Crippen molar-refractivity contribution in [3.8, 4) is 12.3 Å². The summed E-state index contributed by atoms with van der Waals surface area (Å²) in [6, 6.07) is 0. The summed E-state index contributed by atoms with van der Waals surface area (Å²) < 4.78 is 0. The fourth-order valence-corrected chi connectivity index (χ4v) is 1.24. The molecular weight excluding hydrogens is 128 g/mol. The molecule has 0 spiro atoms. The van der Waals surface area contributed by atoms with Crippen molar-refractivity contribution in [2.45, 2.75) is 19.3 Å². The van der Waals surface area contributed by atoms with E-state index in [2.05, 4.69) is 12.8 Å². The minimum atomic E-state index is 0.921. The Kier molecular flexibility index (Phi) is 7.83. The summed E-state index contributed by atoms with van der Waals surface area (Å²) in [5, 5.41) is 0. The smallest absolute Gasteiger partial charge is 0.00939 e. The van der Waals surface area contributed by atoms with Gasteiger partial charge in [-0.2, -0.15) is 11.8 Å². The fraction of sp³-hybridized carbons (Fsp3) is 0.625. The van der Waals surface area contributed by atoms with Gasteiger partial charge in [0.1, 0.15) is 0 Å². The van der Waals surface area contributed by atoms with Crippen LogP contribution >= 0.6 is 11.8 Å². The lowest BCUT2D eigenvalue weighted by atomic mass is 10.4. The molecule has 1 heteroatoms. The number of terminal acetylenes is 1. The van der Waals surface area contributed by atoms with E-state index in [1.165, 1.54) is 11.5 Å². The third-order valence-electron chi connectivity index (χ3n) is 0.898. The van der Waals surface area contributed by atoms with Gasteiger partial charge in [-0.1, -0.05) is 6.92 Å². The molecule has 0 aromatic heterocycles. The van der Waals surface area contributed by atoms with Crippen molar-refractivity contribution in [3.63, 3.8) is 0 Å². The lowest BCUT2D eigenvalue weighted by Gasteiger charge is -1.94. The standard InChI is InChI=1S/C8H13S/c1-3-5-6-8-9-7-4-2/h1H,2,4-8H2. The van der Waals surface area contributed by atoms with E-state index in [-0.39, 0.29) is 0 Å². The molecule has 0 N–H and O–H groups in total. The predicted octanol–water partition coefficient (Wildman–Crippen LogP) is 2.36. The van der Waals surface area contributed by atoms with E-state index in [4.69, 9.17) is 6.42 Å². The summed E-state index contributed by atoms with van der Waals surface area (Å²) in [4.78, 5) is 0. The van der Waals surface area contributed by atoms with Gasteiger partial charge in [0.25, 0.3) is 0 Å². The van der Waals surface area contributed by atoms with Crippen molar-refractivity contribution in [1.29, 1.82) is 0 Å². The Morgan fingerprint density at radius 3 is 2.78 bits per heavy atom. The van der Waals surface area contributed by atoms with Crippen LogP contribution in [0.15, 0.2) is 0 Å². The Morgan fingerprint density at radius 2 is 2.22 bits per heavy atom. The van der Waals surface area contributed by atoms with E-state index < -0.39 is 0 Å². The van der Waals surface area contributed by atoms with Gasteiger partial charge in [-0.3, -0.25) is 0 Å². The maximum absolute atomic E-state index is 5.07. The van der Waals surface area contributed by atoms with Gasteiger partial charge in [0.15, 0.2) is 0 Å². The van der Waals surface area contributed by atoms with E-state index >= 15 is 0 Å². The maximum Gasteiger partial charge on any atom is 0.00939 e. The topological polar surface area (TPSA) is 0 Å². The molecule has 0 aliphatic heterocycles. The van der Waals surface area contributed by atoms with Crippen molar-refractivity contribution >= 4 is 11.8 Å². The summed E-state index contributed by atoms with van der Waals surface area (Å²) >= 11 is 1.94. The molecule has 9 heavy (non-hydrogen) atoms.